The maximum absolute atomic E-state index is 13.0. The quantitative estimate of drug-likeness (QED) is 0.812. The van der Waals surface area contributed by atoms with E-state index in [0.29, 0.717) is 5.92 Å². The largest absolute Gasteiger partial charge is 0.393 e. The second-order valence-corrected chi connectivity index (χ2v) is 4.51. The third-order valence-corrected chi connectivity index (χ3v) is 2.83. The van der Waals surface area contributed by atoms with Crippen LogP contribution >= 0.6 is 0 Å². The van der Waals surface area contributed by atoms with Gasteiger partial charge in [0, 0.05) is 5.92 Å². The van der Waals surface area contributed by atoms with Gasteiger partial charge in [-0.05, 0) is 43.0 Å². The van der Waals surface area contributed by atoms with Crippen molar-refractivity contribution in [1.29, 1.82) is 0 Å². The first-order chi connectivity index (χ1) is 6.93. The minimum absolute atomic E-state index is 0.0746. The fourth-order valence-electron chi connectivity index (χ4n) is 2.19. The van der Waals surface area contributed by atoms with Crippen molar-refractivity contribution in [3.8, 4) is 0 Å². The Hall–Kier alpha value is -0.890. The number of hydrogen-bond donors (Lipinski definition) is 1. The van der Waals surface area contributed by atoms with Crippen molar-refractivity contribution in [2.24, 2.45) is 5.92 Å². The molecule has 1 rings (SSSR count). The van der Waals surface area contributed by atoms with Gasteiger partial charge in [0.05, 0.1) is 6.10 Å². The van der Waals surface area contributed by atoms with Gasteiger partial charge in [0.25, 0.3) is 0 Å². The molecule has 0 heterocycles. The third-order valence-electron chi connectivity index (χ3n) is 2.83. The Morgan fingerprint density at radius 2 is 1.80 bits per heavy atom. The van der Waals surface area contributed by atoms with Crippen LogP contribution in [0.25, 0.3) is 0 Å². The first-order valence-electron chi connectivity index (χ1n) is 5.37. The lowest BCUT2D eigenvalue weighted by Gasteiger charge is -2.25. The normalized spacial score (nSPS) is 15.4. The topological polar surface area (TPSA) is 20.2 Å². The van der Waals surface area contributed by atoms with Gasteiger partial charge in [0.15, 0.2) is 0 Å². The Balaban J connectivity index is 3.12. The summed E-state index contributed by atoms with van der Waals surface area (Å²) in [6.45, 7) is 7.81. The lowest BCUT2D eigenvalue weighted by atomic mass is 9.82. The molecule has 2 atom stereocenters. The van der Waals surface area contributed by atoms with Crippen LogP contribution < -0.4 is 0 Å². The highest BCUT2D eigenvalue weighted by atomic mass is 19.1. The predicted octanol–water partition coefficient (Wildman–Crippen LogP) is 3.25. The molecular weight excluding hydrogens is 191 g/mol. The van der Waals surface area contributed by atoms with Crippen LogP contribution in [-0.2, 0) is 0 Å². The molecule has 1 nitrogen and oxygen atoms in total. The Labute approximate surface area is 90.9 Å². The molecular formula is C13H19FO. The molecule has 1 N–H and O–H groups in total. The van der Waals surface area contributed by atoms with Crippen LogP contribution in [0.2, 0.25) is 0 Å². The molecule has 0 saturated carbocycles. The summed E-state index contributed by atoms with van der Waals surface area (Å²) in [6.07, 6.45) is -0.408. The SMILES string of the molecule is Cc1cc(F)ccc1C(C(C)C)C(C)O. The summed E-state index contributed by atoms with van der Waals surface area (Å²) < 4.78 is 13.0. The van der Waals surface area contributed by atoms with E-state index in [9.17, 15) is 9.50 Å². The van der Waals surface area contributed by atoms with Gasteiger partial charge in [-0.25, -0.2) is 4.39 Å². The van der Waals surface area contributed by atoms with Gasteiger partial charge in [-0.3, -0.25) is 0 Å². The summed E-state index contributed by atoms with van der Waals surface area (Å²) >= 11 is 0. The van der Waals surface area contributed by atoms with Gasteiger partial charge in [-0.2, -0.15) is 0 Å². The fraction of sp³-hybridized carbons (Fsp3) is 0.538. The molecule has 1 aromatic rings. The van der Waals surface area contributed by atoms with E-state index in [2.05, 4.69) is 13.8 Å². The number of hydrogen-bond acceptors (Lipinski definition) is 1. The van der Waals surface area contributed by atoms with Crippen LogP contribution in [0.4, 0.5) is 4.39 Å². The van der Waals surface area contributed by atoms with Crippen LogP contribution in [0.1, 0.15) is 37.8 Å². The predicted molar refractivity (Wildman–Crippen MR) is 60.4 cm³/mol. The van der Waals surface area contributed by atoms with E-state index in [4.69, 9.17) is 0 Å². The lowest BCUT2D eigenvalue weighted by molar-refractivity contribution is 0.140. The van der Waals surface area contributed by atoms with E-state index in [0.717, 1.165) is 11.1 Å². The number of rotatable bonds is 3. The van der Waals surface area contributed by atoms with E-state index in [1.807, 2.05) is 6.92 Å². The van der Waals surface area contributed by atoms with Crippen LogP contribution in [0.3, 0.4) is 0 Å². The molecule has 0 aliphatic rings. The van der Waals surface area contributed by atoms with Gasteiger partial charge in [-0.15, -0.1) is 0 Å². The summed E-state index contributed by atoms with van der Waals surface area (Å²) in [7, 11) is 0. The maximum atomic E-state index is 13.0. The van der Waals surface area contributed by atoms with Gasteiger partial charge < -0.3 is 5.11 Å². The summed E-state index contributed by atoms with van der Waals surface area (Å²) in [6, 6.07) is 4.76. The monoisotopic (exact) mass is 210 g/mol. The van der Waals surface area contributed by atoms with Crippen LogP contribution in [-0.4, -0.2) is 11.2 Å². The van der Waals surface area contributed by atoms with Crippen molar-refractivity contribution in [3.63, 3.8) is 0 Å². The smallest absolute Gasteiger partial charge is 0.123 e. The van der Waals surface area contributed by atoms with Gasteiger partial charge in [0.2, 0.25) is 0 Å². The minimum Gasteiger partial charge on any atom is -0.393 e. The van der Waals surface area contributed by atoms with Gasteiger partial charge in [-0.1, -0.05) is 19.9 Å². The summed E-state index contributed by atoms with van der Waals surface area (Å²) in [5.41, 5.74) is 1.95. The zero-order valence-electron chi connectivity index (χ0n) is 9.79. The number of benzene rings is 1. The molecule has 0 spiro atoms. The van der Waals surface area contributed by atoms with E-state index in [-0.39, 0.29) is 11.7 Å². The highest BCUT2D eigenvalue weighted by Gasteiger charge is 2.22. The van der Waals surface area contributed by atoms with Crippen molar-refractivity contribution in [2.45, 2.75) is 39.7 Å². The second-order valence-electron chi connectivity index (χ2n) is 4.51. The summed E-state index contributed by atoms with van der Waals surface area (Å²) in [5, 5.41) is 9.74. The number of aliphatic hydroxyl groups is 1. The maximum Gasteiger partial charge on any atom is 0.123 e. The molecule has 2 heteroatoms. The van der Waals surface area contributed by atoms with Gasteiger partial charge in [0.1, 0.15) is 5.82 Å². The molecule has 0 saturated heterocycles. The van der Waals surface area contributed by atoms with E-state index >= 15 is 0 Å². The molecule has 15 heavy (non-hydrogen) atoms. The van der Waals surface area contributed by atoms with Crippen molar-refractivity contribution >= 4 is 0 Å². The zero-order chi connectivity index (χ0) is 11.6. The summed E-state index contributed by atoms with van der Waals surface area (Å²) in [5.74, 6) is 0.198. The highest BCUT2D eigenvalue weighted by Crippen LogP contribution is 2.30. The highest BCUT2D eigenvalue weighted by molar-refractivity contribution is 5.31. The van der Waals surface area contributed by atoms with Crippen molar-refractivity contribution in [1.82, 2.24) is 0 Å². The average Bonchev–Trinajstić information content (AvgIpc) is 2.08. The Kier molecular flexibility index (Phi) is 3.86. The molecule has 0 aliphatic carbocycles. The number of halogens is 1. The number of aliphatic hydroxyl groups excluding tert-OH is 1. The minimum atomic E-state index is -0.408. The van der Waals surface area contributed by atoms with Crippen molar-refractivity contribution in [2.75, 3.05) is 0 Å². The molecule has 0 radical (unpaired) electrons. The number of aryl methyl sites for hydroxylation is 1. The van der Waals surface area contributed by atoms with Crippen LogP contribution in [0.15, 0.2) is 18.2 Å². The van der Waals surface area contributed by atoms with Crippen molar-refractivity contribution in [3.05, 3.63) is 35.1 Å². The van der Waals surface area contributed by atoms with Crippen LogP contribution in [0, 0.1) is 18.7 Å². The molecule has 0 fully saturated rings. The van der Waals surface area contributed by atoms with Gasteiger partial charge >= 0.3 is 0 Å². The third kappa shape index (κ3) is 2.78. The van der Waals surface area contributed by atoms with E-state index in [1.165, 1.54) is 12.1 Å². The first-order valence-corrected chi connectivity index (χ1v) is 5.37. The lowest BCUT2D eigenvalue weighted by Crippen LogP contribution is -2.21. The second kappa shape index (κ2) is 4.75. The average molecular weight is 210 g/mol. The first kappa shape index (κ1) is 12.2. The van der Waals surface area contributed by atoms with Crippen LogP contribution in [0.5, 0.6) is 0 Å². The molecule has 2 unspecified atom stereocenters. The zero-order valence-corrected chi connectivity index (χ0v) is 9.79. The van der Waals surface area contributed by atoms with E-state index < -0.39 is 6.10 Å². The van der Waals surface area contributed by atoms with Crippen molar-refractivity contribution < 1.29 is 9.50 Å². The molecule has 0 aromatic heterocycles. The Morgan fingerprint density at radius 3 is 2.20 bits per heavy atom. The molecule has 84 valence electrons. The fourth-order valence-corrected chi connectivity index (χ4v) is 2.19. The Bertz CT molecular complexity index is 323. The molecule has 1 aromatic carbocycles. The molecule has 0 amide bonds. The standard InChI is InChI=1S/C13H19FO/c1-8(2)13(10(4)15)12-6-5-11(14)7-9(12)3/h5-8,10,13,15H,1-4H3. The Morgan fingerprint density at radius 1 is 1.20 bits per heavy atom. The molecule has 0 bridgehead atoms. The molecule has 0 aliphatic heterocycles. The van der Waals surface area contributed by atoms with E-state index in [1.54, 1.807) is 13.0 Å². The summed E-state index contributed by atoms with van der Waals surface area (Å²) in [4.78, 5) is 0.